The lowest BCUT2D eigenvalue weighted by atomic mass is 10.0. The maximum absolute atomic E-state index is 10.3. The van der Waals surface area contributed by atoms with Crippen molar-refractivity contribution in [2.24, 2.45) is 0 Å². The lowest BCUT2D eigenvalue weighted by molar-refractivity contribution is -0.137. The quantitative estimate of drug-likeness (QED) is 0.0602. The predicted octanol–water partition coefficient (Wildman–Crippen LogP) is 11.5. The Labute approximate surface area is 276 Å². The third kappa shape index (κ3) is 43.5. The summed E-state index contributed by atoms with van der Waals surface area (Å²) in [5, 5.41) is 26.5. The Bertz CT molecular complexity index is 510. The molecule has 0 rings (SSSR count). The van der Waals surface area contributed by atoms with Gasteiger partial charge in [0.25, 0.3) is 0 Å². The number of hydrogen-bond donors (Lipinski definition) is 3. The first-order chi connectivity index (χ1) is 21.6. The van der Waals surface area contributed by atoms with Crippen LogP contribution in [0.4, 0.5) is 0 Å². The van der Waals surface area contributed by atoms with Crippen LogP contribution in [-0.2, 0) is 4.79 Å². The first-order valence-corrected chi connectivity index (χ1v) is 19.8. The molecule has 5 nitrogen and oxygen atoms in total. The molecule has 44 heavy (non-hydrogen) atoms. The van der Waals surface area contributed by atoms with Gasteiger partial charge in [0.15, 0.2) is 0 Å². The highest BCUT2D eigenvalue weighted by Crippen LogP contribution is 2.15. The van der Waals surface area contributed by atoms with E-state index >= 15 is 0 Å². The van der Waals surface area contributed by atoms with Gasteiger partial charge >= 0.3 is 5.97 Å². The van der Waals surface area contributed by atoms with Crippen molar-refractivity contribution >= 4 is 5.97 Å². The van der Waals surface area contributed by atoms with Gasteiger partial charge in [0.2, 0.25) is 0 Å². The maximum Gasteiger partial charge on any atom is 0.303 e. The highest BCUT2D eigenvalue weighted by atomic mass is 16.4. The minimum atomic E-state index is -0.654. The van der Waals surface area contributed by atoms with Crippen molar-refractivity contribution < 1.29 is 20.1 Å². The SMILES string of the molecule is CCCCCCCCCCCCCCCCC(=O)O.CCCCCCCCCCCCCCCCCCN(CCO)CCO. The van der Waals surface area contributed by atoms with E-state index in [1.54, 1.807) is 0 Å². The highest BCUT2D eigenvalue weighted by Gasteiger charge is 2.03. The van der Waals surface area contributed by atoms with Crippen LogP contribution >= 0.6 is 0 Å². The van der Waals surface area contributed by atoms with E-state index in [-0.39, 0.29) is 13.2 Å². The van der Waals surface area contributed by atoms with Crippen LogP contribution in [0.1, 0.15) is 213 Å². The number of aliphatic carboxylic acids is 1. The molecule has 0 aromatic heterocycles. The van der Waals surface area contributed by atoms with E-state index in [2.05, 4.69) is 18.7 Å². The summed E-state index contributed by atoms with van der Waals surface area (Å²) in [6.45, 7) is 7.34. The second kappa shape index (κ2) is 42.3. The van der Waals surface area contributed by atoms with E-state index in [0.717, 1.165) is 19.4 Å². The van der Waals surface area contributed by atoms with E-state index in [4.69, 9.17) is 15.3 Å². The topological polar surface area (TPSA) is 81.0 Å². The smallest absolute Gasteiger partial charge is 0.303 e. The Morgan fingerprint density at radius 2 is 0.636 bits per heavy atom. The summed E-state index contributed by atoms with van der Waals surface area (Å²) in [7, 11) is 0. The molecule has 266 valence electrons. The van der Waals surface area contributed by atoms with Crippen LogP contribution in [0.15, 0.2) is 0 Å². The molecule has 0 unspecified atom stereocenters. The largest absolute Gasteiger partial charge is 0.481 e. The summed E-state index contributed by atoms with van der Waals surface area (Å²) in [5.41, 5.74) is 0. The third-order valence-corrected chi connectivity index (χ3v) is 8.90. The minimum Gasteiger partial charge on any atom is -0.481 e. The Hall–Kier alpha value is -0.650. The molecule has 0 heterocycles. The molecule has 0 saturated heterocycles. The van der Waals surface area contributed by atoms with Crippen molar-refractivity contribution in [1.82, 2.24) is 4.90 Å². The number of rotatable bonds is 36. The van der Waals surface area contributed by atoms with Gasteiger partial charge in [-0.05, 0) is 19.4 Å². The Morgan fingerprint density at radius 3 is 0.886 bits per heavy atom. The fraction of sp³-hybridized carbons (Fsp3) is 0.974. The number of carbonyl (C=O) groups is 1. The number of nitrogens with zero attached hydrogens (tertiary/aromatic N) is 1. The van der Waals surface area contributed by atoms with Crippen LogP contribution in [0.3, 0.4) is 0 Å². The fourth-order valence-electron chi connectivity index (χ4n) is 5.97. The minimum absolute atomic E-state index is 0.193. The molecule has 0 saturated carbocycles. The maximum atomic E-state index is 10.3. The molecule has 0 aliphatic carbocycles. The number of aliphatic hydroxyl groups is 2. The van der Waals surface area contributed by atoms with E-state index in [1.807, 2.05) is 0 Å². The lowest BCUT2D eigenvalue weighted by Gasteiger charge is -2.19. The van der Waals surface area contributed by atoms with Gasteiger partial charge in [0.05, 0.1) is 13.2 Å². The van der Waals surface area contributed by atoms with Crippen LogP contribution in [0.5, 0.6) is 0 Å². The highest BCUT2D eigenvalue weighted by molar-refractivity contribution is 5.66. The normalized spacial score (nSPS) is 11.2. The van der Waals surface area contributed by atoms with Gasteiger partial charge in [-0.15, -0.1) is 0 Å². The number of hydrogen-bond acceptors (Lipinski definition) is 4. The van der Waals surface area contributed by atoms with Crippen molar-refractivity contribution in [2.75, 3.05) is 32.8 Å². The van der Waals surface area contributed by atoms with Gasteiger partial charge in [-0.1, -0.05) is 194 Å². The molecule has 0 aromatic carbocycles. The average Bonchev–Trinajstić information content (AvgIpc) is 3.01. The first kappa shape index (κ1) is 45.5. The number of unbranched alkanes of at least 4 members (excludes halogenated alkanes) is 28. The Morgan fingerprint density at radius 1 is 0.386 bits per heavy atom. The third-order valence-electron chi connectivity index (χ3n) is 8.90. The van der Waals surface area contributed by atoms with E-state index in [1.165, 1.54) is 180 Å². The standard InChI is InChI=1S/C22H47NO2.C17H34O2/c1-2-3-4-5-6-7-8-9-10-11-12-13-14-15-16-17-18-23(19-21-24)20-22-25;1-2-3-4-5-6-7-8-9-10-11-12-13-14-15-16-17(18)19/h24-25H,2-22H2,1H3;2-16H2,1H3,(H,18,19). The predicted molar refractivity (Wildman–Crippen MR) is 193 cm³/mol. The first-order valence-electron chi connectivity index (χ1n) is 19.8. The lowest BCUT2D eigenvalue weighted by Crippen LogP contribution is -2.30. The zero-order chi connectivity index (χ0) is 32.6. The molecule has 3 N–H and O–H groups in total. The summed E-state index contributed by atoms with van der Waals surface area (Å²) < 4.78 is 0. The molecule has 0 aromatic rings. The number of carboxylic acid groups (broad SMARTS) is 1. The molecular weight excluding hydrogens is 546 g/mol. The fourth-order valence-corrected chi connectivity index (χ4v) is 5.97. The molecule has 5 heteroatoms. The summed E-state index contributed by atoms with van der Waals surface area (Å²) >= 11 is 0. The number of carboxylic acids is 1. The molecule has 0 amide bonds. The molecule has 0 bridgehead atoms. The van der Waals surface area contributed by atoms with E-state index < -0.39 is 5.97 Å². The second-order valence-electron chi connectivity index (χ2n) is 13.3. The van der Waals surface area contributed by atoms with Crippen LogP contribution < -0.4 is 0 Å². The molecule has 0 radical (unpaired) electrons. The van der Waals surface area contributed by atoms with Crippen LogP contribution in [0.2, 0.25) is 0 Å². The molecular formula is C39H81NO4. The van der Waals surface area contributed by atoms with Gasteiger partial charge in [-0.3, -0.25) is 9.69 Å². The van der Waals surface area contributed by atoms with Gasteiger partial charge in [-0.25, -0.2) is 0 Å². The molecule has 0 fully saturated rings. The zero-order valence-corrected chi connectivity index (χ0v) is 30.2. The van der Waals surface area contributed by atoms with Crippen molar-refractivity contribution in [3.8, 4) is 0 Å². The molecule has 0 atom stereocenters. The van der Waals surface area contributed by atoms with Crippen molar-refractivity contribution in [1.29, 1.82) is 0 Å². The van der Waals surface area contributed by atoms with Crippen LogP contribution in [0.25, 0.3) is 0 Å². The summed E-state index contributed by atoms with van der Waals surface area (Å²) in [6.07, 6.45) is 41.1. The number of aliphatic hydroxyl groups excluding tert-OH is 2. The monoisotopic (exact) mass is 628 g/mol. The average molecular weight is 628 g/mol. The van der Waals surface area contributed by atoms with Crippen molar-refractivity contribution in [3.05, 3.63) is 0 Å². The molecule has 0 aliphatic heterocycles. The van der Waals surface area contributed by atoms with E-state index in [0.29, 0.717) is 19.5 Å². The Balaban J connectivity index is 0. The van der Waals surface area contributed by atoms with Crippen molar-refractivity contribution in [3.63, 3.8) is 0 Å². The van der Waals surface area contributed by atoms with Gasteiger partial charge < -0.3 is 15.3 Å². The van der Waals surface area contributed by atoms with Gasteiger partial charge in [0.1, 0.15) is 0 Å². The molecule has 0 aliphatic rings. The summed E-state index contributed by atoms with van der Waals surface area (Å²) in [4.78, 5) is 12.5. The van der Waals surface area contributed by atoms with Crippen molar-refractivity contribution in [2.45, 2.75) is 213 Å². The van der Waals surface area contributed by atoms with Crippen LogP contribution in [0, 0.1) is 0 Å². The zero-order valence-electron chi connectivity index (χ0n) is 30.2. The second-order valence-corrected chi connectivity index (χ2v) is 13.3. The van der Waals surface area contributed by atoms with Crippen LogP contribution in [-0.4, -0.2) is 59.0 Å². The van der Waals surface area contributed by atoms with Gasteiger partial charge in [-0.2, -0.15) is 0 Å². The van der Waals surface area contributed by atoms with E-state index in [9.17, 15) is 4.79 Å². The van der Waals surface area contributed by atoms with Gasteiger partial charge in [0, 0.05) is 19.5 Å². The summed E-state index contributed by atoms with van der Waals surface area (Å²) in [6, 6.07) is 0. The Kier molecular flexibility index (Phi) is 43.8. The summed E-state index contributed by atoms with van der Waals surface area (Å²) in [5.74, 6) is -0.654. The molecule has 0 spiro atoms.